The molecule has 0 fully saturated rings. The number of nitrogens with zero attached hydrogens (tertiary/aromatic N) is 2. The van der Waals surface area contributed by atoms with Gasteiger partial charge >= 0.3 is 0 Å². The van der Waals surface area contributed by atoms with Crippen molar-refractivity contribution >= 4 is 5.91 Å². The van der Waals surface area contributed by atoms with Crippen LogP contribution in [0.5, 0.6) is 0 Å². The van der Waals surface area contributed by atoms with Crippen LogP contribution in [-0.4, -0.2) is 15.8 Å². The standard InChI is InChI=1S/C14H12N2O/c17-14-13-4-2-1-3-12(13)10-16(14)9-11-5-7-15-8-6-11/h1-8H,9-10H2. The maximum atomic E-state index is 12.1. The van der Waals surface area contributed by atoms with Crippen molar-refractivity contribution in [1.29, 1.82) is 0 Å². The molecular weight excluding hydrogens is 212 g/mol. The SMILES string of the molecule is O=C1c2ccccc2CN1Cc1ccncc1. The van der Waals surface area contributed by atoms with Gasteiger partial charge in [-0.05, 0) is 29.3 Å². The van der Waals surface area contributed by atoms with E-state index in [2.05, 4.69) is 4.98 Å². The summed E-state index contributed by atoms with van der Waals surface area (Å²) in [5.74, 6) is 0.123. The molecule has 1 aromatic carbocycles. The van der Waals surface area contributed by atoms with E-state index in [0.29, 0.717) is 13.1 Å². The van der Waals surface area contributed by atoms with Crippen LogP contribution < -0.4 is 0 Å². The van der Waals surface area contributed by atoms with Crippen LogP contribution in [-0.2, 0) is 13.1 Å². The number of rotatable bonds is 2. The van der Waals surface area contributed by atoms with Crippen LogP contribution in [0, 0.1) is 0 Å². The van der Waals surface area contributed by atoms with Crippen molar-refractivity contribution in [3.8, 4) is 0 Å². The van der Waals surface area contributed by atoms with Crippen LogP contribution in [0.4, 0.5) is 0 Å². The number of pyridine rings is 1. The zero-order valence-corrected chi connectivity index (χ0v) is 9.34. The molecule has 0 saturated heterocycles. The lowest BCUT2D eigenvalue weighted by Crippen LogP contribution is -2.23. The first-order chi connectivity index (χ1) is 8.34. The number of amides is 1. The zero-order chi connectivity index (χ0) is 11.7. The maximum absolute atomic E-state index is 12.1. The molecule has 3 rings (SSSR count). The van der Waals surface area contributed by atoms with E-state index in [-0.39, 0.29) is 5.91 Å². The van der Waals surface area contributed by atoms with Crippen molar-refractivity contribution in [2.45, 2.75) is 13.1 Å². The number of hydrogen-bond acceptors (Lipinski definition) is 2. The van der Waals surface area contributed by atoms with E-state index in [9.17, 15) is 4.79 Å². The van der Waals surface area contributed by atoms with E-state index >= 15 is 0 Å². The molecule has 2 heterocycles. The molecule has 3 heteroatoms. The Kier molecular flexibility index (Phi) is 2.37. The summed E-state index contributed by atoms with van der Waals surface area (Å²) < 4.78 is 0. The highest BCUT2D eigenvalue weighted by Crippen LogP contribution is 2.23. The molecule has 0 atom stereocenters. The highest BCUT2D eigenvalue weighted by molar-refractivity contribution is 5.98. The molecule has 1 aromatic heterocycles. The summed E-state index contributed by atoms with van der Waals surface area (Å²) >= 11 is 0. The predicted octanol–water partition coefficient (Wildman–Crippen LogP) is 2.24. The average molecular weight is 224 g/mol. The van der Waals surface area contributed by atoms with Crippen molar-refractivity contribution in [1.82, 2.24) is 9.88 Å². The molecule has 1 aliphatic rings. The summed E-state index contributed by atoms with van der Waals surface area (Å²) in [4.78, 5) is 17.9. The monoisotopic (exact) mass is 224 g/mol. The molecule has 0 bridgehead atoms. The highest BCUT2D eigenvalue weighted by Gasteiger charge is 2.26. The topological polar surface area (TPSA) is 33.2 Å². The van der Waals surface area contributed by atoms with Crippen LogP contribution >= 0.6 is 0 Å². The fourth-order valence-corrected chi connectivity index (χ4v) is 2.15. The number of carbonyl (C=O) groups is 1. The van der Waals surface area contributed by atoms with Crippen LogP contribution in [0.2, 0.25) is 0 Å². The van der Waals surface area contributed by atoms with Crippen LogP contribution in [0.15, 0.2) is 48.8 Å². The molecule has 0 aliphatic carbocycles. The van der Waals surface area contributed by atoms with Crippen LogP contribution in [0.25, 0.3) is 0 Å². The summed E-state index contributed by atoms with van der Waals surface area (Å²) in [5.41, 5.74) is 3.06. The van der Waals surface area contributed by atoms with Gasteiger partial charge in [-0.2, -0.15) is 0 Å². The van der Waals surface area contributed by atoms with Gasteiger partial charge in [0.2, 0.25) is 0 Å². The van der Waals surface area contributed by atoms with Gasteiger partial charge in [-0.1, -0.05) is 18.2 Å². The quantitative estimate of drug-likeness (QED) is 0.783. The molecule has 0 spiro atoms. The first kappa shape index (κ1) is 10.0. The second-order valence-electron chi connectivity index (χ2n) is 4.17. The first-order valence-electron chi connectivity index (χ1n) is 5.61. The van der Waals surface area contributed by atoms with Crippen molar-refractivity contribution in [3.63, 3.8) is 0 Å². The lowest BCUT2D eigenvalue weighted by molar-refractivity contribution is 0.0766. The van der Waals surface area contributed by atoms with Crippen molar-refractivity contribution in [3.05, 3.63) is 65.5 Å². The Hall–Kier alpha value is -2.16. The Morgan fingerprint density at radius 1 is 1.12 bits per heavy atom. The average Bonchev–Trinajstić information content (AvgIpc) is 2.68. The predicted molar refractivity (Wildman–Crippen MR) is 64.3 cm³/mol. The minimum absolute atomic E-state index is 0.123. The highest BCUT2D eigenvalue weighted by atomic mass is 16.2. The Morgan fingerprint density at radius 3 is 2.65 bits per heavy atom. The number of fused-ring (bicyclic) bond motifs is 1. The number of benzene rings is 1. The van der Waals surface area contributed by atoms with Gasteiger partial charge in [0.15, 0.2) is 0 Å². The van der Waals surface area contributed by atoms with Crippen molar-refractivity contribution < 1.29 is 4.79 Å². The third kappa shape index (κ3) is 1.80. The van der Waals surface area contributed by atoms with Crippen LogP contribution in [0.3, 0.4) is 0 Å². The zero-order valence-electron chi connectivity index (χ0n) is 9.34. The first-order valence-corrected chi connectivity index (χ1v) is 5.61. The molecule has 0 radical (unpaired) electrons. The Bertz CT molecular complexity index is 551. The van der Waals surface area contributed by atoms with E-state index in [1.165, 1.54) is 0 Å². The molecule has 17 heavy (non-hydrogen) atoms. The lowest BCUT2D eigenvalue weighted by Gasteiger charge is -2.15. The minimum Gasteiger partial charge on any atom is -0.330 e. The fraction of sp³-hybridized carbons (Fsp3) is 0.143. The number of aromatic nitrogens is 1. The van der Waals surface area contributed by atoms with E-state index in [1.807, 2.05) is 41.3 Å². The number of hydrogen-bond donors (Lipinski definition) is 0. The van der Waals surface area contributed by atoms with Gasteiger partial charge < -0.3 is 4.90 Å². The third-order valence-electron chi connectivity index (χ3n) is 3.02. The second kappa shape index (κ2) is 4.01. The van der Waals surface area contributed by atoms with E-state index in [0.717, 1.165) is 16.7 Å². The van der Waals surface area contributed by atoms with E-state index in [1.54, 1.807) is 12.4 Å². The number of carbonyl (C=O) groups excluding carboxylic acids is 1. The van der Waals surface area contributed by atoms with Crippen molar-refractivity contribution in [2.75, 3.05) is 0 Å². The summed E-state index contributed by atoms with van der Waals surface area (Å²) in [7, 11) is 0. The molecule has 2 aromatic rings. The van der Waals surface area contributed by atoms with Crippen molar-refractivity contribution in [2.24, 2.45) is 0 Å². The third-order valence-corrected chi connectivity index (χ3v) is 3.02. The van der Waals surface area contributed by atoms with Gasteiger partial charge in [-0.3, -0.25) is 9.78 Å². The summed E-state index contributed by atoms with van der Waals surface area (Å²) in [6.45, 7) is 1.35. The largest absolute Gasteiger partial charge is 0.330 e. The van der Waals surface area contributed by atoms with Gasteiger partial charge in [0.25, 0.3) is 5.91 Å². The summed E-state index contributed by atoms with van der Waals surface area (Å²) in [5, 5.41) is 0. The molecule has 3 nitrogen and oxygen atoms in total. The fourth-order valence-electron chi connectivity index (χ4n) is 2.15. The van der Waals surface area contributed by atoms with Crippen LogP contribution in [0.1, 0.15) is 21.5 Å². The maximum Gasteiger partial charge on any atom is 0.254 e. The molecular formula is C14H12N2O. The van der Waals surface area contributed by atoms with E-state index in [4.69, 9.17) is 0 Å². The van der Waals surface area contributed by atoms with Gasteiger partial charge in [-0.15, -0.1) is 0 Å². The second-order valence-corrected chi connectivity index (χ2v) is 4.17. The minimum atomic E-state index is 0.123. The van der Waals surface area contributed by atoms with Gasteiger partial charge in [0.1, 0.15) is 0 Å². The summed E-state index contributed by atoms with van der Waals surface area (Å²) in [6.07, 6.45) is 3.51. The van der Waals surface area contributed by atoms with Gasteiger partial charge in [0, 0.05) is 31.0 Å². The molecule has 0 saturated carbocycles. The molecule has 84 valence electrons. The molecule has 0 N–H and O–H groups in total. The molecule has 0 unspecified atom stereocenters. The Labute approximate surface area is 99.7 Å². The molecule has 1 amide bonds. The Balaban J connectivity index is 1.83. The lowest BCUT2D eigenvalue weighted by atomic mass is 10.1. The molecule has 1 aliphatic heterocycles. The normalized spacial score (nSPS) is 13.9. The summed E-state index contributed by atoms with van der Waals surface area (Å²) in [6, 6.07) is 11.7. The van der Waals surface area contributed by atoms with Gasteiger partial charge in [0.05, 0.1) is 0 Å². The smallest absolute Gasteiger partial charge is 0.254 e. The van der Waals surface area contributed by atoms with E-state index < -0.39 is 0 Å². The van der Waals surface area contributed by atoms with Gasteiger partial charge in [-0.25, -0.2) is 0 Å². The Morgan fingerprint density at radius 2 is 1.88 bits per heavy atom.